The molecular weight excluding hydrogens is 188 g/mol. The Labute approximate surface area is 80.4 Å². The third-order valence-electron chi connectivity index (χ3n) is 1.82. The molecule has 0 rings (SSSR count). The van der Waals surface area contributed by atoms with Crippen molar-refractivity contribution in [2.75, 3.05) is 11.5 Å². The highest BCUT2D eigenvalue weighted by atomic mass is 32.2. The van der Waals surface area contributed by atoms with Gasteiger partial charge in [-0.1, -0.05) is 27.2 Å². The van der Waals surface area contributed by atoms with Crippen LogP contribution in [0.5, 0.6) is 0 Å². The molecule has 0 saturated heterocycles. The zero-order valence-corrected chi connectivity index (χ0v) is 9.36. The Morgan fingerprint density at radius 1 is 1.31 bits per heavy atom. The van der Waals surface area contributed by atoms with E-state index in [4.69, 9.17) is 0 Å². The van der Waals surface area contributed by atoms with Crippen molar-refractivity contribution in [1.29, 1.82) is 0 Å². The van der Waals surface area contributed by atoms with Crippen molar-refractivity contribution in [3.05, 3.63) is 0 Å². The van der Waals surface area contributed by atoms with Crippen molar-refractivity contribution in [3.8, 4) is 0 Å². The quantitative estimate of drug-likeness (QED) is 0.660. The predicted molar refractivity (Wildman–Crippen MR) is 53.4 cm³/mol. The first kappa shape index (κ1) is 12.6. The number of ketones is 1. The summed E-state index contributed by atoms with van der Waals surface area (Å²) in [4.78, 5) is 11.1. The summed E-state index contributed by atoms with van der Waals surface area (Å²) < 4.78 is 22.6. The van der Waals surface area contributed by atoms with Crippen LogP contribution < -0.4 is 0 Å². The van der Waals surface area contributed by atoms with E-state index in [1.165, 1.54) is 0 Å². The number of unbranched alkanes of at least 4 members (excludes halogenated alkanes) is 1. The van der Waals surface area contributed by atoms with E-state index in [1.807, 2.05) is 6.92 Å². The Hall–Kier alpha value is -0.380. The smallest absolute Gasteiger partial charge is 0.157 e. The van der Waals surface area contributed by atoms with Crippen molar-refractivity contribution in [1.82, 2.24) is 0 Å². The van der Waals surface area contributed by atoms with Gasteiger partial charge in [0.25, 0.3) is 0 Å². The molecule has 0 unspecified atom stereocenters. The van der Waals surface area contributed by atoms with E-state index in [-0.39, 0.29) is 23.2 Å². The first-order valence-corrected chi connectivity index (χ1v) is 6.44. The summed E-state index contributed by atoms with van der Waals surface area (Å²) in [5.41, 5.74) is 0. The van der Waals surface area contributed by atoms with Crippen molar-refractivity contribution in [3.63, 3.8) is 0 Å². The highest BCUT2D eigenvalue weighted by Crippen LogP contribution is 2.02. The van der Waals surface area contributed by atoms with Crippen LogP contribution in [0.1, 0.15) is 33.6 Å². The predicted octanol–water partition coefficient (Wildman–Crippen LogP) is 1.43. The summed E-state index contributed by atoms with van der Waals surface area (Å²) in [6.07, 6.45) is 1.49. The second-order valence-corrected chi connectivity index (χ2v) is 5.75. The summed E-state index contributed by atoms with van der Waals surface area (Å²) in [6.45, 7) is 5.37. The molecule has 0 aromatic carbocycles. The fourth-order valence-corrected chi connectivity index (χ4v) is 2.46. The van der Waals surface area contributed by atoms with Crippen LogP contribution in [0.3, 0.4) is 0 Å². The molecule has 0 atom stereocenters. The number of carbonyl (C=O) groups excluding carboxylic acids is 1. The highest BCUT2D eigenvalue weighted by Gasteiger charge is 2.17. The third-order valence-corrected chi connectivity index (χ3v) is 3.45. The van der Waals surface area contributed by atoms with Gasteiger partial charge in [0, 0.05) is 5.92 Å². The fourth-order valence-electron chi connectivity index (χ4n) is 0.820. The molecule has 3 nitrogen and oxygen atoms in total. The molecule has 0 aliphatic carbocycles. The molecule has 13 heavy (non-hydrogen) atoms. The van der Waals surface area contributed by atoms with Gasteiger partial charge in [-0.3, -0.25) is 4.79 Å². The van der Waals surface area contributed by atoms with Crippen LogP contribution in [0, 0.1) is 5.92 Å². The normalized spacial score (nSPS) is 12.0. The van der Waals surface area contributed by atoms with Crippen LogP contribution in [0.4, 0.5) is 0 Å². The number of hydrogen-bond acceptors (Lipinski definition) is 3. The summed E-state index contributed by atoms with van der Waals surface area (Å²) in [7, 11) is -3.14. The van der Waals surface area contributed by atoms with E-state index < -0.39 is 9.84 Å². The summed E-state index contributed by atoms with van der Waals surface area (Å²) >= 11 is 0. The Bertz CT molecular complexity index is 252. The van der Waals surface area contributed by atoms with Crippen molar-refractivity contribution < 1.29 is 13.2 Å². The minimum Gasteiger partial charge on any atom is -0.298 e. The average Bonchev–Trinajstić information content (AvgIpc) is 2.00. The third kappa shape index (κ3) is 5.80. The molecule has 0 spiro atoms. The van der Waals surface area contributed by atoms with Gasteiger partial charge >= 0.3 is 0 Å². The van der Waals surface area contributed by atoms with E-state index in [0.717, 1.165) is 6.42 Å². The number of carbonyl (C=O) groups is 1. The number of rotatable bonds is 6. The molecule has 0 saturated carbocycles. The van der Waals surface area contributed by atoms with Crippen LogP contribution >= 0.6 is 0 Å². The van der Waals surface area contributed by atoms with Gasteiger partial charge in [-0.05, 0) is 6.42 Å². The van der Waals surface area contributed by atoms with Crippen LogP contribution in [0.2, 0.25) is 0 Å². The molecule has 78 valence electrons. The molecule has 0 amide bonds. The molecule has 0 aromatic rings. The second kappa shape index (κ2) is 5.37. The van der Waals surface area contributed by atoms with Crippen LogP contribution in [-0.2, 0) is 14.6 Å². The van der Waals surface area contributed by atoms with Gasteiger partial charge in [-0.25, -0.2) is 8.42 Å². The van der Waals surface area contributed by atoms with Gasteiger partial charge in [0.2, 0.25) is 0 Å². The van der Waals surface area contributed by atoms with E-state index in [1.54, 1.807) is 13.8 Å². The first-order chi connectivity index (χ1) is 5.89. The molecule has 0 aromatic heterocycles. The van der Waals surface area contributed by atoms with E-state index in [2.05, 4.69) is 0 Å². The molecule has 0 radical (unpaired) electrons. The minimum absolute atomic E-state index is 0.141. The van der Waals surface area contributed by atoms with Gasteiger partial charge in [0.05, 0.1) is 5.75 Å². The molecule has 0 heterocycles. The summed E-state index contributed by atoms with van der Waals surface area (Å²) in [5.74, 6) is -0.514. The monoisotopic (exact) mass is 206 g/mol. The molecule has 0 N–H and O–H groups in total. The lowest BCUT2D eigenvalue weighted by Gasteiger charge is -2.04. The zero-order valence-electron chi connectivity index (χ0n) is 8.54. The lowest BCUT2D eigenvalue weighted by molar-refractivity contribution is -0.119. The fraction of sp³-hybridized carbons (Fsp3) is 0.889. The van der Waals surface area contributed by atoms with Crippen molar-refractivity contribution in [2.24, 2.45) is 5.92 Å². The Kier molecular flexibility index (Phi) is 5.21. The molecular formula is C9H18O3S. The largest absolute Gasteiger partial charge is 0.298 e. The second-order valence-electron chi connectivity index (χ2n) is 3.57. The van der Waals surface area contributed by atoms with Gasteiger partial charge in [0.15, 0.2) is 9.84 Å². The zero-order chi connectivity index (χ0) is 10.5. The van der Waals surface area contributed by atoms with Crippen LogP contribution in [0.25, 0.3) is 0 Å². The molecule has 4 heteroatoms. The Balaban J connectivity index is 4.11. The van der Waals surface area contributed by atoms with Crippen molar-refractivity contribution >= 4 is 15.6 Å². The van der Waals surface area contributed by atoms with E-state index in [9.17, 15) is 13.2 Å². The number of Topliss-reactive ketones (excluding diaryl/α,β-unsaturated/α-hetero) is 1. The Morgan fingerprint density at radius 2 is 1.85 bits per heavy atom. The lowest BCUT2D eigenvalue weighted by Crippen LogP contribution is -2.22. The maximum Gasteiger partial charge on any atom is 0.157 e. The van der Waals surface area contributed by atoms with Gasteiger partial charge in [-0.15, -0.1) is 0 Å². The minimum atomic E-state index is -3.14. The molecule has 0 aliphatic rings. The van der Waals surface area contributed by atoms with Crippen molar-refractivity contribution in [2.45, 2.75) is 33.6 Å². The molecule has 0 bridgehead atoms. The number of sulfone groups is 1. The average molecular weight is 206 g/mol. The maximum absolute atomic E-state index is 11.3. The lowest BCUT2D eigenvalue weighted by atomic mass is 10.1. The standard InChI is InChI=1S/C9H18O3S/c1-4-5-6-13(11,12)7-9(10)8(2)3/h8H,4-7H2,1-3H3. The maximum atomic E-state index is 11.3. The topological polar surface area (TPSA) is 51.2 Å². The highest BCUT2D eigenvalue weighted by molar-refractivity contribution is 7.92. The number of hydrogen-bond donors (Lipinski definition) is 0. The summed E-state index contributed by atoms with van der Waals surface area (Å²) in [5, 5.41) is 0. The molecule has 0 fully saturated rings. The van der Waals surface area contributed by atoms with Crippen LogP contribution in [0.15, 0.2) is 0 Å². The van der Waals surface area contributed by atoms with Gasteiger partial charge in [-0.2, -0.15) is 0 Å². The first-order valence-electron chi connectivity index (χ1n) is 4.62. The van der Waals surface area contributed by atoms with E-state index in [0.29, 0.717) is 6.42 Å². The van der Waals surface area contributed by atoms with Crippen LogP contribution in [-0.4, -0.2) is 25.7 Å². The van der Waals surface area contributed by atoms with Gasteiger partial charge in [0.1, 0.15) is 11.5 Å². The molecule has 0 aliphatic heterocycles. The SMILES string of the molecule is CCCCS(=O)(=O)CC(=O)C(C)C. The van der Waals surface area contributed by atoms with E-state index >= 15 is 0 Å². The van der Waals surface area contributed by atoms with Gasteiger partial charge < -0.3 is 0 Å². The Morgan fingerprint density at radius 3 is 2.23 bits per heavy atom. The summed E-state index contributed by atoms with van der Waals surface area (Å²) in [6, 6.07) is 0.